The van der Waals surface area contributed by atoms with Crippen LogP contribution >= 0.6 is 0 Å². The molecule has 6 nitrogen and oxygen atoms in total. The zero-order valence-corrected chi connectivity index (χ0v) is 26.2. The van der Waals surface area contributed by atoms with Crippen LogP contribution in [0, 0.1) is 11.3 Å². The van der Waals surface area contributed by atoms with E-state index in [9.17, 15) is 5.11 Å². The number of aliphatic hydroxyl groups is 1. The molecule has 2 aliphatic carbocycles. The highest BCUT2D eigenvalue weighted by Gasteiger charge is 2.58. The topological polar surface area (TPSA) is 69.7 Å². The molecule has 0 amide bonds. The molecule has 1 aliphatic heterocycles. The summed E-state index contributed by atoms with van der Waals surface area (Å²) in [6.45, 7) is 10.5. The SMILES string of the molecule is COc1ccc(COCC2=C3[C@@H](OCc4ccc(OC)cc4)C[C@H](C)[C@@]2(C)CCC(C)=CCC[C@]2(C)O[C@H]2[C@@H]3O)cc1. The molecule has 6 atom stereocenters. The van der Waals surface area contributed by atoms with Crippen molar-refractivity contribution < 1.29 is 28.8 Å². The third kappa shape index (κ3) is 6.62. The fourth-order valence-corrected chi connectivity index (χ4v) is 6.80. The lowest BCUT2D eigenvalue weighted by atomic mass is 9.60. The summed E-state index contributed by atoms with van der Waals surface area (Å²) in [5.74, 6) is 2.00. The van der Waals surface area contributed by atoms with Crippen LogP contribution in [0.5, 0.6) is 11.5 Å². The van der Waals surface area contributed by atoms with Gasteiger partial charge in [-0.2, -0.15) is 0 Å². The van der Waals surface area contributed by atoms with E-state index in [2.05, 4.69) is 33.8 Å². The van der Waals surface area contributed by atoms with Crippen LogP contribution in [0.4, 0.5) is 0 Å². The molecule has 5 rings (SSSR count). The number of benzene rings is 2. The Morgan fingerprint density at radius 3 is 2.12 bits per heavy atom. The molecule has 0 spiro atoms. The van der Waals surface area contributed by atoms with E-state index < -0.39 is 6.10 Å². The number of rotatable bonds is 9. The highest BCUT2D eigenvalue weighted by atomic mass is 16.6. The Morgan fingerprint density at radius 1 is 0.881 bits per heavy atom. The van der Waals surface area contributed by atoms with E-state index in [0.717, 1.165) is 60.3 Å². The second-order valence-corrected chi connectivity index (χ2v) is 12.9. The maximum Gasteiger partial charge on any atom is 0.118 e. The first-order valence-electron chi connectivity index (χ1n) is 15.4. The first kappa shape index (κ1) is 30.8. The van der Waals surface area contributed by atoms with Gasteiger partial charge in [-0.25, -0.2) is 0 Å². The number of allylic oxidation sites excluding steroid dienone is 2. The molecule has 3 aliphatic rings. The van der Waals surface area contributed by atoms with Gasteiger partial charge in [0.25, 0.3) is 0 Å². The number of fused-ring (bicyclic) bond motifs is 2. The minimum absolute atomic E-state index is 0.143. The van der Waals surface area contributed by atoms with Gasteiger partial charge in [0, 0.05) is 0 Å². The van der Waals surface area contributed by atoms with E-state index in [4.69, 9.17) is 23.7 Å². The first-order chi connectivity index (χ1) is 20.2. The van der Waals surface area contributed by atoms with E-state index in [1.54, 1.807) is 14.2 Å². The molecule has 2 aromatic rings. The Hall–Kier alpha value is -2.64. The van der Waals surface area contributed by atoms with Gasteiger partial charge in [0.1, 0.15) is 23.7 Å². The van der Waals surface area contributed by atoms with E-state index in [-0.39, 0.29) is 23.2 Å². The number of epoxide rings is 1. The summed E-state index contributed by atoms with van der Waals surface area (Å²) in [6, 6.07) is 16.0. The fraction of sp³-hybridized carbons (Fsp3) is 0.556. The molecule has 1 heterocycles. The van der Waals surface area contributed by atoms with Crippen molar-refractivity contribution in [2.24, 2.45) is 11.3 Å². The molecule has 1 saturated heterocycles. The number of hydrogen-bond acceptors (Lipinski definition) is 6. The summed E-state index contributed by atoms with van der Waals surface area (Å²) in [6.07, 6.45) is 5.87. The zero-order valence-electron chi connectivity index (χ0n) is 26.2. The molecule has 1 fully saturated rings. The van der Waals surface area contributed by atoms with Gasteiger partial charge < -0.3 is 28.8 Å². The molecule has 228 valence electrons. The maximum absolute atomic E-state index is 12.0. The molecule has 0 aromatic heterocycles. The smallest absolute Gasteiger partial charge is 0.118 e. The lowest BCUT2D eigenvalue weighted by molar-refractivity contribution is -0.00708. The van der Waals surface area contributed by atoms with E-state index in [0.29, 0.717) is 25.7 Å². The molecular formula is C36H48O6. The quantitative estimate of drug-likeness (QED) is 0.252. The molecule has 42 heavy (non-hydrogen) atoms. The molecule has 0 unspecified atom stereocenters. The lowest BCUT2D eigenvalue weighted by Gasteiger charge is -2.47. The Kier molecular flexibility index (Phi) is 9.48. The van der Waals surface area contributed by atoms with Gasteiger partial charge in [-0.1, -0.05) is 49.8 Å². The van der Waals surface area contributed by atoms with Crippen molar-refractivity contribution >= 4 is 0 Å². The number of methoxy groups -OCH3 is 2. The molecule has 2 aromatic carbocycles. The van der Waals surface area contributed by atoms with Crippen LogP contribution in [0.15, 0.2) is 71.3 Å². The summed E-state index contributed by atoms with van der Waals surface area (Å²) >= 11 is 0. The Morgan fingerprint density at radius 2 is 1.50 bits per heavy atom. The van der Waals surface area contributed by atoms with Crippen molar-refractivity contribution in [1.29, 1.82) is 0 Å². The van der Waals surface area contributed by atoms with Crippen LogP contribution in [0.2, 0.25) is 0 Å². The zero-order chi connectivity index (χ0) is 29.9. The highest BCUT2D eigenvalue weighted by Crippen LogP contribution is 2.53. The van der Waals surface area contributed by atoms with Gasteiger partial charge in [0.2, 0.25) is 0 Å². The van der Waals surface area contributed by atoms with Crippen LogP contribution in [0.25, 0.3) is 0 Å². The second-order valence-electron chi connectivity index (χ2n) is 12.9. The Bertz CT molecular complexity index is 1260. The van der Waals surface area contributed by atoms with Gasteiger partial charge >= 0.3 is 0 Å². The summed E-state index contributed by atoms with van der Waals surface area (Å²) in [4.78, 5) is 0. The van der Waals surface area contributed by atoms with Crippen molar-refractivity contribution in [3.05, 3.63) is 82.5 Å². The number of hydrogen-bond donors (Lipinski definition) is 1. The third-order valence-electron chi connectivity index (χ3n) is 10.0. The van der Waals surface area contributed by atoms with Crippen LogP contribution in [-0.4, -0.2) is 49.8 Å². The predicted molar refractivity (Wildman–Crippen MR) is 165 cm³/mol. The van der Waals surface area contributed by atoms with Crippen molar-refractivity contribution in [3.8, 4) is 11.5 Å². The second kappa shape index (κ2) is 12.9. The maximum atomic E-state index is 12.0. The minimum Gasteiger partial charge on any atom is -0.497 e. The van der Waals surface area contributed by atoms with Crippen LogP contribution in [0.3, 0.4) is 0 Å². The summed E-state index contributed by atoms with van der Waals surface area (Å²) in [5.41, 5.74) is 5.24. The first-order valence-corrected chi connectivity index (χ1v) is 15.4. The van der Waals surface area contributed by atoms with E-state index >= 15 is 0 Å². The lowest BCUT2D eigenvalue weighted by Crippen LogP contribution is -2.45. The van der Waals surface area contributed by atoms with E-state index in [1.165, 1.54) is 11.1 Å². The molecule has 1 N–H and O–H groups in total. The standard InChI is InChI=1S/C36H48O6/c1-24-8-7-18-36(4)34(42-36)33(37)32-30(23-40-21-26-9-13-28(38-5)14-10-26)35(3,19-17-24)25(2)20-31(32)41-22-27-11-15-29(39-6)16-12-27/h8-16,25,31,33-34,37H,7,17-23H2,1-6H3/t25-,31-,33+,34-,35+,36-/m0/s1. The number of ether oxygens (including phenoxy) is 5. The normalized spacial score (nSPS) is 31.4. The average molecular weight is 577 g/mol. The molecule has 0 radical (unpaired) electrons. The molecule has 0 saturated carbocycles. The monoisotopic (exact) mass is 576 g/mol. The predicted octanol–water partition coefficient (Wildman–Crippen LogP) is 7.19. The largest absolute Gasteiger partial charge is 0.497 e. The Balaban J connectivity index is 1.48. The van der Waals surface area contributed by atoms with Gasteiger partial charge in [-0.05, 0) is 104 Å². The average Bonchev–Trinajstić information content (AvgIpc) is 3.68. The van der Waals surface area contributed by atoms with Crippen LogP contribution < -0.4 is 9.47 Å². The van der Waals surface area contributed by atoms with Gasteiger partial charge in [-0.3, -0.25) is 0 Å². The molecular weight excluding hydrogens is 528 g/mol. The summed E-state index contributed by atoms with van der Waals surface area (Å²) < 4.78 is 30.1. The van der Waals surface area contributed by atoms with Gasteiger partial charge in [0.15, 0.2) is 0 Å². The minimum atomic E-state index is -0.744. The summed E-state index contributed by atoms with van der Waals surface area (Å²) in [7, 11) is 3.35. The number of aliphatic hydroxyl groups excluding tert-OH is 1. The van der Waals surface area contributed by atoms with Crippen LogP contribution in [-0.2, 0) is 27.4 Å². The fourth-order valence-electron chi connectivity index (χ4n) is 6.80. The van der Waals surface area contributed by atoms with Crippen LogP contribution in [0.1, 0.15) is 70.9 Å². The van der Waals surface area contributed by atoms with Crippen molar-refractivity contribution in [2.75, 3.05) is 20.8 Å². The molecule has 2 bridgehead atoms. The van der Waals surface area contributed by atoms with Gasteiger partial charge in [0.05, 0.1) is 45.7 Å². The summed E-state index contributed by atoms with van der Waals surface area (Å²) in [5, 5.41) is 12.0. The van der Waals surface area contributed by atoms with E-state index in [1.807, 2.05) is 48.5 Å². The van der Waals surface area contributed by atoms with Crippen molar-refractivity contribution in [3.63, 3.8) is 0 Å². The molecule has 6 heteroatoms. The third-order valence-corrected chi connectivity index (χ3v) is 10.0. The van der Waals surface area contributed by atoms with Crippen molar-refractivity contribution in [1.82, 2.24) is 0 Å². The van der Waals surface area contributed by atoms with Gasteiger partial charge in [-0.15, -0.1) is 0 Å². The van der Waals surface area contributed by atoms with Crippen molar-refractivity contribution in [2.45, 2.75) is 96.9 Å². The Labute approximate surface area is 251 Å². The highest BCUT2D eigenvalue weighted by molar-refractivity contribution is 5.36.